The molecule has 440 valence electrons. The summed E-state index contributed by atoms with van der Waals surface area (Å²) in [5.41, 5.74) is 0. The van der Waals surface area contributed by atoms with Gasteiger partial charge < -0.3 is 14.2 Å². The van der Waals surface area contributed by atoms with E-state index >= 15 is 0 Å². The minimum Gasteiger partial charge on any atom is -0.462 e. The van der Waals surface area contributed by atoms with Gasteiger partial charge in [0.15, 0.2) is 6.10 Å². The largest absolute Gasteiger partial charge is 0.462 e. The monoisotopic (exact) mass is 1050 g/mol. The number of carbonyl (C=O) groups is 3. The van der Waals surface area contributed by atoms with E-state index in [2.05, 4.69) is 20.8 Å². The zero-order chi connectivity index (χ0) is 53.6. The van der Waals surface area contributed by atoms with Crippen molar-refractivity contribution in [2.45, 2.75) is 406 Å². The maximum atomic E-state index is 12.9. The van der Waals surface area contributed by atoms with Gasteiger partial charge in [0.25, 0.3) is 0 Å². The zero-order valence-electron chi connectivity index (χ0n) is 50.7. The van der Waals surface area contributed by atoms with Crippen molar-refractivity contribution in [3.63, 3.8) is 0 Å². The predicted molar refractivity (Wildman–Crippen MR) is 321 cm³/mol. The molecular weight excluding hydrogens is 913 g/mol. The lowest BCUT2D eigenvalue weighted by atomic mass is 10.0. The van der Waals surface area contributed by atoms with E-state index in [9.17, 15) is 14.4 Å². The fourth-order valence-corrected chi connectivity index (χ4v) is 10.7. The molecule has 0 fully saturated rings. The van der Waals surface area contributed by atoms with Crippen LogP contribution in [0.1, 0.15) is 400 Å². The molecule has 0 spiro atoms. The summed E-state index contributed by atoms with van der Waals surface area (Å²) in [4.78, 5) is 38.4. The van der Waals surface area contributed by atoms with E-state index in [1.165, 1.54) is 302 Å². The normalized spacial score (nSPS) is 11.9. The third-order valence-corrected chi connectivity index (χ3v) is 15.9. The van der Waals surface area contributed by atoms with Gasteiger partial charge in [0.2, 0.25) is 0 Å². The number of hydrogen-bond acceptors (Lipinski definition) is 6. The van der Waals surface area contributed by atoms with Crippen LogP contribution < -0.4 is 0 Å². The average Bonchev–Trinajstić information content (AvgIpc) is 3.40. The fraction of sp³-hybridized carbons (Fsp3) is 0.956. The minimum atomic E-state index is -0.763. The van der Waals surface area contributed by atoms with Crippen molar-refractivity contribution in [2.24, 2.45) is 0 Å². The first-order chi connectivity index (χ1) is 36.5. The summed E-state index contributed by atoms with van der Waals surface area (Å²) < 4.78 is 17.0. The first-order valence-electron chi connectivity index (χ1n) is 34.0. The molecule has 0 rings (SSSR count). The molecule has 0 radical (unpaired) electrons. The summed E-state index contributed by atoms with van der Waals surface area (Å²) in [6.45, 7) is 6.74. The number of esters is 3. The highest BCUT2D eigenvalue weighted by Gasteiger charge is 2.19. The quantitative estimate of drug-likeness (QED) is 0.0343. The summed E-state index contributed by atoms with van der Waals surface area (Å²) in [6.07, 6.45) is 74.0. The Morgan fingerprint density at radius 1 is 0.216 bits per heavy atom. The Kier molecular flexibility index (Phi) is 62.6. The highest BCUT2D eigenvalue weighted by Crippen LogP contribution is 2.19. The predicted octanol–water partition coefficient (Wildman–Crippen LogP) is 23.1. The van der Waals surface area contributed by atoms with Crippen molar-refractivity contribution in [3.8, 4) is 0 Å². The molecule has 0 amide bonds. The van der Waals surface area contributed by atoms with Crippen molar-refractivity contribution >= 4 is 17.9 Å². The Morgan fingerprint density at radius 2 is 0.365 bits per heavy atom. The van der Waals surface area contributed by atoms with Gasteiger partial charge in [-0.3, -0.25) is 14.4 Å². The van der Waals surface area contributed by atoms with Gasteiger partial charge in [0, 0.05) is 19.3 Å². The Bertz CT molecular complexity index is 1110. The van der Waals surface area contributed by atoms with Crippen molar-refractivity contribution in [2.75, 3.05) is 13.2 Å². The fourth-order valence-electron chi connectivity index (χ4n) is 10.7. The van der Waals surface area contributed by atoms with Gasteiger partial charge in [0.1, 0.15) is 13.2 Å². The molecular formula is C68H132O6. The van der Waals surface area contributed by atoms with Crippen LogP contribution in [0.4, 0.5) is 0 Å². The Morgan fingerprint density at radius 3 is 0.541 bits per heavy atom. The Hall–Kier alpha value is -1.59. The molecule has 0 aliphatic rings. The second-order valence-corrected chi connectivity index (χ2v) is 23.5. The van der Waals surface area contributed by atoms with E-state index < -0.39 is 6.10 Å². The molecule has 0 saturated carbocycles. The molecule has 0 saturated heterocycles. The van der Waals surface area contributed by atoms with Gasteiger partial charge in [0.05, 0.1) is 0 Å². The molecule has 0 aliphatic carbocycles. The number of rotatable bonds is 64. The maximum absolute atomic E-state index is 12.9. The molecule has 0 N–H and O–H groups in total. The third kappa shape index (κ3) is 61.3. The Balaban J connectivity index is 4.26. The van der Waals surface area contributed by atoms with Crippen LogP contribution in [-0.2, 0) is 28.6 Å². The number of unbranched alkanes of at least 4 members (excludes halogenated alkanes) is 53. The maximum Gasteiger partial charge on any atom is 0.306 e. The number of ether oxygens (including phenoxy) is 3. The average molecular weight is 1050 g/mol. The van der Waals surface area contributed by atoms with Crippen molar-refractivity contribution in [1.82, 2.24) is 0 Å². The molecule has 0 aromatic heterocycles. The van der Waals surface area contributed by atoms with E-state index in [0.717, 1.165) is 57.8 Å². The first-order valence-corrected chi connectivity index (χ1v) is 34.0. The highest BCUT2D eigenvalue weighted by molar-refractivity contribution is 5.71. The number of hydrogen-bond donors (Lipinski definition) is 0. The molecule has 0 aromatic carbocycles. The van der Waals surface area contributed by atoms with Crippen LogP contribution in [0.15, 0.2) is 0 Å². The van der Waals surface area contributed by atoms with Gasteiger partial charge in [-0.15, -0.1) is 0 Å². The minimum absolute atomic E-state index is 0.0602. The summed E-state index contributed by atoms with van der Waals surface area (Å²) in [6, 6.07) is 0. The molecule has 0 bridgehead atoms. The van der Waals surface area contributed by atoms with Gasteiger partial charge in [-0.1, -0.05) is 361 Å². The molecule has 1 unspecified atom stereocenters. The van der Waals surface area contributed by atoms with Crippen LogP contribution in [0, 0.1) is 0 Å². The van der Waals surface area contributed by atoms with Crippen molar-refractivity contribution in [3.05, 3.63) is 0 Å². The van der Waals surface area contributed by atoms with Crippen molar-refractivity contribution in [1.29, 1.82) is 0 Å². The first kappa shape index (κ1) is 72.4. The number of carbonyl (C=O) groups excluding carboxylic acids is 3. The standard InChI is InChI=1S/C68H132O6/c1-4-7-10-13-16-19-22-25-28-31-33-34-36-37-40-43-46-49-52-55-58-61-67(70)73-64-65(63-72-66(69)60-57-54-51-48-45-42-39-30-27-24-21-18-15-12-9-6-3)74-68(71)62-59-56-53-50-47-44-41-38-35-32-29-26-23-20-17-14-11-8-5-2/h65H,4-64H2,1-3H3. The van der Waals surface area contributed by atoms with E-state index in [4.69, 9.17) is 14.2 Å². The molecule has 0 aromatic rings. The van der Waals surface area contributed by atoms with E-state index in [1.807, 2.05) is 0 Å². The molecule has 0 aliphatic heterocycles. The summed E-state index contributed by atoms with van der Waals surface area (Å²) in [7, 11) is 0. The van der Waals surface area contributed by atoms with Gasteiger partial charge >= 0.3 is 17.9 Å². The molecule has 6 nitrogen and oxygen atoms in total. The molecule has 6 heteroatoms. The molecule has 0 heterocycles. The second kappa shape index (κ2) is 63.9. The lowest BCUT2D eigenvalue weighted by Crippen LogP contribution is -2.30. The summed E-state index contributed by atoms with van der Waals surface area (Å²) in [5, 5.41) is 0. The zero-order valence-corrected chi connectivity index (χ0v) is 50.7. The van der Waals surface area contributed by atoms with Crippen molar-refractivity contribution < 1.29 is 28.6 Å². The highest BCUT2D eigenvalue weighted by atomic mass is 16.6. The van der Waals surface area contributed by atoms with Crippen LogP contribution in [0.25, 0.3) is 0 Å². The van der Waals surface area contributed by atoms with Crippen LogP contribution >= 0.6 is 0 Å². The Labute approximate surface area is 463 Å². The molecule has 1 atom stereocenters. The SMILES string of the molecule is CCCCCCCCCCCCCCCCCCCCCCCC(=O)OCC(COC(=O)CCCCCCCCCCCCCCCCCC)OC(=O)CCCCCCCCCCCCCCCCCCCCC. The smallest absolute Gasteiger partial charge is 0.306 e. The third-order valence-electron chi connectivity index (χ3n) is 15.9. The second-order valence-electron chi connectivity index (χ2n) is 23.5. The van der Waals surface area contributed by atoms with Gasteiger partial charge in [-0.25, -0.2) is 0 Å². The van der Waals surface area contributed by atoms with E-state index in [1.54, 1.807) is 0 Å². The van der Waals surface area contributed by atoms with Crippen LogP contribution in [0.3, 0.4) is 0 Å². The van der Waals surface area contributed by atoms with Gasteiger partial charge in [-0.05, 0) is 19.3 Å². The van der Waals surface area contributed by atoms with E-state index in [-0.39, 0.29) is 31.1 Å². The topological polar surface area (TPSA) is 78.9 Å². The lowest BCUT2D eigenvalue weighted by molar-refractivity contribution is -0.167. The van der Waals surface area contributed by atoms with Crippen LogP contribution in [0.5, 0.6) is 0 Å². The summed E-state index contributed by atoms with van der Waals surface area (Å²) in [5.74, 6) is -0.820. The molecule has 74 heavy (non-hydrogen) atoms. The van der Waals surface area contributed by atoms with Crippen LogP contribution in [-0.4, -0.2) is 37.2 Å². The van der Waals surface area contributed by atoms with Crippen LogP contribution in [0.2, 0.25) is 0 Å². The van der Waals surface area contributed by atoms with Gasteiger partial charge in [-0.2, -0.15) is 0 Å². The lowest BCUT2D eigenvalue weighted by Gasteiger charge is -2.18. The van der Waals surface area contributed by atoms with E-state index in [0.29, 0.717) is 19.3 Å². The summed E-state index contributed by atoms with van der Waals surface area (Å²) >= 11 is 0.